The van der Waals surface area contributed by atoms with Gasteiger partial charge in [-0.05, 0) is 70.4 Å². The lowest BCUT2D eigenvalue weighted by Crippen LogP contribution is -2.07. The predicted octanol–water partition coefficient (Wildman–Crippen LogP) is 12.2. The highest BCUT2D eigenvalue weighted by Gasteiger charge is 2.21. The number of fused-ring (bicyclic) bond motifs is 7. The van der Waals surface area contributed by atoms with Gasteiger partial charge in [-0.1, -0.05) is 140 Å². The molecule has 8 aromatic carbocycles. The van der Waals surface area contributed by atoms with Gasteiger partial charge >= 0.3 is 0 Å². The molecule has 0 bridgehead atoms. The molecule has 0 aliphatic carbocycles. The summed E-state index contributed by atoms with van der Waals surface area (Å²) in [6.45, 7) is 0. The fraction of sp³-hybridized carbons (Fsp3) is 0. The lowest BCUT2D eigenvalue weighted by molar-refractivity contribution is 0.952. The predicted molar refractivity (Wildman–Crippen MR) is 222 cm³/mol. The maximum absolute atomic E-state index is 5.35. The van der Waals surface area contributed by atoms with Crippen molar-refractivity contribution in [3.05, 3.63) is 188 Å². The molecular weight excluding hydrogens is 659 g/mol. The molecule has 0 spiro atoms. The van der Waals surface area contributed by atoms with Crippen LogP contribution >= 0.6 is 0 Å². The average Bonchev–Trinajstić information content (AvgIpc) is 3.76. The summed E-state index contributed by atoms with van der Waals surface area (Å²) in [5.74, 6) is 1.80. The molecule has 252 valence electrons. The van der Waals surface area contributed by atoms with E-state index in [4.69, 9.17) is 15.0 Å². The Morgan fingerprint density at radius 1 is 0.315 bits per heavy atom. The maximum Gasteiger partial charge on any atom is 0.238 e. The summed E-state index contributed by atoms with van der Waals surface area (Å²) in [4.78, 5) is 15.9. The van der Waals surface area contributed by atoms with E-state index in [1.165, 1.54) is 27.3 Å². The van der Waals surface area contributed by atoms with Gasteiger partial charge in [-0.25, -0.2) is 4.98 Å². The van der Waals surface area contributed by atoms with Crippen LogP contribution in [0, 0.1) is 0 Å². The number of hydrogen-bond acceptors (Lipinski definition) is 3. The van der Waals surface area contributed by atoms with Crippen molar-refractivity contribution in [3.63, 3.8) is 0 Å². The van der Waals surface area contributed by atoms with Crippen molar-refractivity contribution in [2.75, 3.05) is 0 Å². The third-order valence-corrected chi connectivity index (χ3v) is 10.6. The summed E-state index contributed by atoms with van der Waals surface area (Å²) in [5.41, 5.74) is 9.57. The highest BCUT2D eigenvalue weighted by Crippen LogP contribution is 2.38. The molecule has 3 aromatic heterocycles. The number of rotatable bonds is 5. The maximum atomic E-state index is 5.35. The minimum Gasteiger partial charge on any atom is -0.309 e. The molecule has 0 N–H and O–H groups in total. The van der Waals surface area contributed by atoms with Crippen molar-refractivity contribution in [2.24, 2.45) is 0 Å². The van der Waals surface area contributed by atoms with E-state index in [1.54, 1.807) is 0 Å². The van der Waals surface area contributed by atoms with Crippen molar-refractivity contribution in [2.45, 2.75) is 0 Å². The fourth-order valence-electron chi connectivity index (χ4n) is 8.08. The van der Waals surface area contributed by atoms with Crippen LogP contribution in [0.2, 0.25) is 0 Å². The number of benzene rings is 8. The lowest BCUT2D eigenvalue weighted by Gasteiger charge is -2.15. The van der Waals surface area contributed by atoms with E-state index in [2.05, 4.69) is 197 Å². The Morgan fingerprint density at radius 2 is 0.870 bits per heavy atom. The van der Waals surface area contributed by atoms with Gasteiger partial charge < -0.3 is 4.57 Å². The second kappa shape index (κ2) is 12.1. The second-order valence-electron chi connectivity index (χ2n) is 13.7. The molecule has 0 amide bonds. The molecule has 11 aromatic rings. The zero-order chi connectivity index (χ0) is 35.6. The molecule has 0 saturated carbocycles. The van der Waals surface area contributed by atoms with Gasteiger partial charge in [-0.3, -0.25) is 4.57 Å². The Morgan fingerprint density at radius 3 is 1.63 bits per heavy atom. The Hall–Kier alpha value is -7.37. The highest BCUT2D eigenvalue weighted by molar-refractivity contribution is 6.11. The Kier molecular flexibility index (Phi) is 6.79. The van der Waals surface area contributed by atoms with Crippen LogP contribution in [0.4, 0.5) is 0 Å². The summed E-state index contributed by atoms with van der Waals surface area (Å²) >= 11 is 0. The molecule has 5 heteroatoms. The van der Waals surface area contributed by atoms with Crippen molar-refractivity contribution < 1.29 is 0 Å². The zero-order valence-corrected chi connectivity index (χ0v) is 29.1. The van der Waals surface area contributed by atoms with Crippen LogP contribution in [0.5, 0.6) is 0 Å². The first-order valence-corrected chi connectivity index (χ1v) is 18.2. The van der Waals surface area contributed by atoms with Crippen LogP contribution in [0.3, 0.4) is 0 Å². The number of aromatic nitrogens is 5. The normalized spacial score (nSPS) is 11.7. The van der Waals surface area contributed by atoms with Gasteiger partial charge in [-0.2, -0.15) is 9.97 Å². The summed E-state index contributed by atoms with van der Waals surface area (Å²) < 4.78 is 4.53. The van der Waals surface area contributed by atoms with Gasteiger partial charge in [0.15, 0.2) is 11.6 Å². The number of para-hydroxylation sites is 4. The minimum atomic E-state index is 0.574. The summed E-state index contributed by atoms with van der Waals surface area (Å²) in [6.07, 6.45) is 0. The van der Waals surface area contributed by atoms with Crippen molar-refractivity contribution in [1.29, 1.82) is 0 Å². The van der Waals surface area contributed by atoms with E-state index < -0.39 is 0 Å². The van der Waals surface area contributed by atoms with Crippen molar-refractivity contribution >= 4 is 54.4 Å². The van der Waals surface area contributed by atoms with Gasteiger partial charge in [0.2, 0.25) is 5.95 Å². The van der Waals surface area contributed by atoms with E-state index in [9.17, 15) is 0 Å². The van der Waals surface area contributed by atoms with Gasteiger partial charge in [0.1, 0.15) is 0 Å². The van der Waals surface area contributed by atoms with E-state index >= 15 is 0 Å². The number of hydrogen-bond donors (Lipinski definition) is 0. The van der Waals surface area contributed by atoms with Crippen molar-refractivity contribution in [1.82, 2.24) is 24.1 Å². The molecule has 11 rings (SSSR count). The van der Waals surface area contributed by atoms with Crippen LogP contribution in [0.1, 0.15) is 0 Å². The van der Waals surface area contributed by atoms with Crippen molar-refractivity contribution in [3.8, 4) is 45.5 Å². The van der Waals surface area contributed by atoms with E-state index in [1.807, 2.05) is 0 Å². The molecular formula is C49H31N5. The summed E-state index contributed by atoms with van der Waals surface area (Å²) in [7, 11) is 0. The molecule has 3 heterocycles. The van der Waals surface area contributed by atoms with Crippen LogP contribution in [-0.2, 0) is 0 Å². The molecule has 0 atom stereocenters. The minimum absolute atomic E-state index is 0.574. The SMILES string of the molecule is c1ccc(-c2ccc3c(c2)c2ccccc2n3-c2ccccc2-c2nc(-c3ccc4ccccc4c3)nc(-n3c4ccccc4c4ccccc43)n2)cc1. The quantitative estimate of drug-likeness (QED) is 0.181. The first kappa shape index (κ1) is 30.3. The zero-order valence-electron chi connectivity index (χ0n) is 29.1. The van der Waals surface area contributed by atoms with Gasteiger partial charge in [0.25, 0.3) is 0 Å². The standard InChI is InChI=1S/C49H31N5/c1-2-14-32(15-3-1)35-28-29-46-41(31-35)39-20-8-10-22-42(39)53(46)45-25-13-9-21-40(45)48-50-47(36-27-26-33-16-4-5-17-34(33)30-36)51-49(52-48)54-43-23-11-6-18-37(43)38-19-7-12-24-44(38)54/h1-31H. The smallest absolute Gasteiger partial charge is 0.238 e. The van der Waals surface area contributed by atoms with Gasteiger partial charge in [0, 0.05) is 32.7 Å². The molecule has 0 unspecified atom stereocenters. The lowest BCUT2D eigenvalue weighted by atomic mass is 10.0. The van der Waals surface area contributed by atoms with Crippen LogP contribution in [0.25, 0.3) is 99.9 Å². The average molecular weight is 690 g/mol. The monoisotopic (exact) mass is 689 g/mol. The topological polar surface area (TPSA) is 48.5 Å². The Bertz CT molecular complexity index is 3170. The fourth-order valence-corrected chi connectivity index (χ4v) is 8.08. The Balaban J connectivity index is 1.19. The van der Waals surface area contributed by atoms with E-state index in [-0.39, 0.29) is 0 Å². The third-order valence-electron chi connectivity index (χ3n) is 10.6. The summed E-state index contributed by atoms with van der Waals surface area (Å²) in [5, 5.41) is 7.01. The molecule has 54 heavy (non-hydrogen) atoms. The Labute approximate surface area is 311 Å². The highest BCUT2D eigenvalue weighted by atomic mass is 15.2. The largest absolute Gasteiger partial charge is 0.309 e. The molecule has 5 nitrogen and oxygen atoms in total. The first-order chi connectivity index (χ1) is 26.8. The van der Waals surface area contributed by atoms with Gasteiger partial charge in [0.05, 0.1) is 27.8 Å². The molecule has 0 saturated heterocycles. The molecule has 0 aliphatic rings. The van der Waals surface area contributed by atoms with Crippen LogP contribution in [0.15, 0.2) is 188 Å². The van der Waals surface area contributed by atoms with Gasteiger partial charge in [-0.15, -0.1) is 0 Å². The second-order valence-corrected chi connectivity index (χ2v) is 13.7. The molecule has 0 radical (unpaired) electrons. The summed E-state index contributed by atoms with van der Waals surface area (Å²) in [6, 6.07) is 66.2. The third kappa shape index (κ3) is 4.76. The first-order valence-electron chi connectivity index (χ1n) is 18.2. The van der Waals surface area contributed by atoms with Crippen LogP contribution in [-0.4, -0.2) is 24.1 Å². The number of nitrogens with zero attached hydrogens (tertiary/aromatic N) is 5. The molecule has 0 fully saturated rings. The van der Waals surface area contributed by atoms with E-state index in [0.29, 0.717) is 17.6 Å². The van der Waals surface area contributed by atoms with E-state index in [0.717, 1.165) is 55.0 Å². The molecule has 0 aliphatic heterocycles. The van der Waals surface area contributed by atoms with Crippen LogP contribution < -0.4 is 0 Å².